The molecule has 10 heavy (non-hydrogen) atoms. The number of rotatable bonds is 5. The number of nitrogens with two attached hydrogens (primary N) is 2. The summed E-state index contributed by atoms with van der Waals surface area (Å²) in [5.41, 5.74) is 10.2. The molecule has 0 aromatic carbocycles. The lowest BCUT2D eigenvalue weighted by Gasteiger charge is -2.01. The summed E-state index contributed by atoms with van der Waals surface area (Å²) in [5, 5.41) is 5.28. The van der Waals surface area contributed by atoms with E-state index in [4.69, 9.17) is 11.5 Å². The van der Waals surface area contributed by atoms with Crippen molar-refractivity contribution >= 4 is 5.91 Å². The van der Waals surface area contributed by atoms with Crippen LogP contribution in [-0.2, 0) is 4.79 Å². The van der Waals surface area contributed by atoms with Crippen molar-refractivity contribution in [2.45, 2.75) is 6.42 Å². The van der Waals surface area contributed by atoms with Gasteiger partial charge < -0.3 is 22.1 Å². The Morgan fingerprint density at radius 3 is 2.50 bits per heavy atom. The molecule has 0 aliphatic rings. The van der Waals surface area contributed by atoms with Gasteiger partial charge in [-0.15, -0.1) is 0 Å². The minimum atomic E-state index is -0.0524. The van der Waals surface area contributed by atoms with E-state index in [1.165, 1.54) is 0 Å². The Labute approximate surface area is 60.1 Å². The fraction of sp³-hybridized carbons (Fsp3) is 0.800. The van der Waals surface area contributed by atoms with E-state index < -0.39 is 0 Å². The summed E-state index contributed by atoms with van der Waals surface area (Å²) in [5.74, 6) is -0.0524. The second kappa shape index (κ2) is 6.47. The van der Waals surface area contributed by atoms with Crippen molar-refractivity contribution in [2.75, 3.05) is 19.9 Å². The first-order valence-corrected chi connectivity index (χ1v) is 3.18. The highest BCUT2D eigenvalue weighted by molar-refractivity contribution is 5.75. The number of carbonyl (C=O) groups excluding carboxylic acids is 1. The Hall–Kier alpha value is -0.650. The van der Waals surface area contributed by atoms with Gasteiger partial charge in [0.05, 0.1) is 6.67 Å². The minimum absolute atomic E-state index is 0.0524. The molecule has 0 spiro atoms. The molecule has 0 atom stereocenters. The molecule has 6 N–H and O–H groups in total. The van der Waals surface area contributed by atoms with Crippen LogP contribution in [0.5, 0.6) is 0 Å². The number of carbonyl (C=O) groups is 1. The van der Waals surface area contributed by atoms with Crippen molar-refractivity contribution in [2.24, 2.45) is 11.5 Å². The lowest BCUT2D eigenvalue weighted by Crippen LogP contribution is -2.33. The smallest absolute Gasteiger partial charge is 0.222 e. The van der Waals surface area contributed by atoms with Crippen molar-refractivity contribution in [1.29, 1.82) is 0 Å². The molecule has 60 valence electrons. The molecule has 0 fully saturated rings. The van der Waals surface area contributed by atoms with Crippen molar-refractivity contribution in [1.82, 2.24) is 10.6 Å². The highest BCUT2D eigenvalue weighted by atomic mass is 16.1. The van der Waals surface area contributed by atoms with Crippen LogP contribution < -0.4 is 22.1 Å². The highest BCUT2D eigenvalue weighted by Gasteiger charge is 1.95. The molecule has 0 saturated heterocycles. The Balaban J connectivity index is 3.05. The van der Waals surface area contributed by atoms with Crippen LogP contribution in [0.25, 0.3) is 0 Å². The largest absolute Gasteiger partial charge is 0.344 e. The van der Waals surface area contributed by atoms with Crippen LogP contribution in [0.3, 0.4) is 0 Å². The van der Waals surface area contributed by atoms with Crippen molar-refractivity contribution in [3.63, 3.8) is 0 Å². The molecule has 0 unspecified atom stereocenters. The monoisotopic (exact) mass is 146 g/mol. The van der Waals surface area contributed by atoms with Crippen LogP contribution in [-0.4, -0.2) is 25.8 Å². The van der Waals surface area contributed by atoms with E-state index in [1.807, 2.05) is 0 Å². The average molecular weight is 146 g/mol. The first kappa shape index (κ1) is 9.35. The third kappa shape index (κ3) is 5.49. The molecule has 0 aromatic rings. The van der Waals surface area contributed by atoms with Gasteiger partial charge >= 0.3 is 0 Å². The van der Waals surface area contributed by atoms with Crippen LogP contribution in [0.15, 0.2) is 0 Å². The van der Waals surface area contributed by atoms with E-state index in [2.05, 4.69) is 10.6 Å². The van der Waals surface area contributed by atoms with Gasteiger partial charge in [-0.1, -0.05) is 0 Å². The molecular weight excluding hydrogens is 132 g/mol. The summed E-state index contributed by atoms with van der Waals surface area (Å²) in [6.07, 6.45) is 0.425. The van der Waals surface area contributed by atoms with Crippen LogP contribution in [0.4, 0.5) is 0 Å². The third-order valence-corrected chi connectivity index (χ3v) is 0.972. The molecule has 0 aliphatic carbocycles. The molecule has 5 heteroatoms. The Morgan fingerprint density at radius 2 is 2.00 bits per heavy atom. The maximum absolute atomic E-state index is 10.6. The zero-order valence-electron chi connectivity index (χ0n) is 5.89. The lowest BCUT2D eigenvalue weighted by atomic mass is 10.4. The first-order valence-electron chi connectivity index (χ1n) is 3.18. The van der Waals surface area contributed by atoms with E-state index in [9.17, 15) is 4.79 Å². The summed E-state index contributed by atoms with van der Waals surface area (Å²) in [4.78, 5) is 10.6. The molecule has 0 saturated carbocycles. The summed E-state index contributed by atoms with van der Waals surface area (Å²) < 4.78 is 0. The molecule has 0 radical (unpaired) electrons. The fourth-order valence-corrected chi connectivity index (χ4v) is 0.506. The topological polar surface area (TPSA) is 93.2 Å². The second-order valence-corrected chi connectivity index (χ2v) is 1.76. The Morgan fingerprint density at radius 1 is 1.30 bits per heavy atom. The minimum Gasteiger partial charge on any atom is -0.344 e. The highest BCUT2D eigenvalue weighted by Crippen LogP contribution is 1.73. The molecule has 0 bridgehead atoms. The van der Waals surface area contributed by atoms with Crippen molar-refractivity contribution < 1.29 is 4.79 Å². The zero-order chi connectivity index (χ0) is 7.82. The van der Waals surface area contributed by atoms with Gasteiger partial charge in [0.1, 0.15) is 0 Å². The Kier molecular flexibility index (Phi) is 6.05. The molecule has 5 nitrogen and oxygen atoms in total. The number of hydrogen-bond donors (Lipinski definition) is 4. The number of nitrogens with one attached hydrogen (secondary N) is 2. The van der Waals surface area contributed by atoms with Crippen LogP contribution in [0.2, 0.25) is 0 Å². The average Bonchev–Trinajstić information content (AvgIpc) is 1.89. The summed E-state index contributed by atoms with van der Waals surface area (Å²) in [6.45, 7) is 1.19. The van der Waals surface area contributed by atoms with Crippen LogP contribution >= 0.6 is 0 Å². The van der Waals surface area contributed by atoms with Crippen LogP contribution in [0, 0.1) is 0 Å². The van der Waals surface area contributed by atoms with Gasteiger partial charge in [0.15, 0.2) is 0 Å². The Bertz CT molecular complexity index is 95.6. The van der Waals surface area contributed by atoms with Crippen LogP contribution in [0.1, 0.15) is 6.42 Å². The number of hydrogen-bond acceptors (Lipinski definition) is 4. The fourth-order valence-electron chi connectivity index (χ4n) is 0.506. The standard InChI is InChI=1S/C5H14N4O/c6-3-8-2-1-5(10)9-4-7/h8H,1-4,6-7H2,(H,9,10). The van der Waals surface area contributed by atoms with Gasteiger partial charge in [0, 0.05) is 19.6 Å². The first-order chi connectivity index (χ1) is 4.81. The second-order valence-electron chi connectivity index (χ2n) is 1.76. The van der Waals surface area contributed by atoms with E-state index in [1.54, 1.807) is 0 Å². The number of amides is 1. The molecule has 0 heterocycles. The quantitative estimate of drug-likeness (QED) is 0.264. The summed E-state index contributed by atoms with van der Waals surface area (Å²) in [7, 11) is 0. The van der Waals surface area contributed by atoms with E-state index >= 15 is 0 Å². The molecule has 0 rings (SSSR count). The van der Waals surface area contributed by atoms with Gasteiger partial charge in [-0.3, -0.25) is 4.79 Å². The van der Waals surface area contributed by atoms with Gasteiger partial charge in [0.25, 0.3) is 0 Å². The predicted octanol–water partition coefficient (Wildman–Crippen LogP) is -2.09. The van der Waals surface area contributed by atoms with Crippen molar-refractivity contribution in [3.8, 4) is 0 Å². The normalized spacial score (nSPS) is 9.40. The molecule has 1 amide bonds. The maximum Gasteiger partial charge on any atom is 0.222 e. The lowest BCUT2D eigenvalue weighted by molar-refractivity contribution is -0.120. The van der Waals surface area contributed by atoms with Gasteiger partial charge in [-0.25, -0.2) is 0 Å². The van der Waals surface area contributed by atoms with E-state index in [-0.39, 0.29) is 12.6 Å². The van der Waals surface area contributed by atoms with Gasteiger partial charge in [-0.05, 0) is 0 Å². The third-order valence-electron chi connectivity index (χ3n) is 0.972. The molecule has 0 aliphatic heterocycles. The zero-order valence-corrected chi connectivity index (χ0v) is 5.89. The van der Waals surface area contributed by atoms with Gasteiger partial charge in [-0.2, -0.15) is 0 Å². The summed E-state index contributed by atoms with van der Waals surface area (Å²) in [6, 6.07) is 0. The molecular formula is C5H14N4O. The van der Waals surface area contributed by atoms with Crippen molar-refractivity contribution in [3.05, 3.63) is 0 Å². The van der Waals surface area contributed by atoms with E-state index in [0.29, 0.717) is 19.6 Å². The predicted molar refractivity (Wildman–Crippen MR) is 38.9 cm³/mol. The summed E-state index contributed by atoms with van der Waals surface area (Å²) >= 11 is 0. The van der Waals surface area contributed by atoms with E-state index in [0.717, 1.165) is 0 Å². The SMILES string of the molecule is NCNCCC(=O)NCN. The molecule has 0 aromatic heterocycles. The maximum atomic E-state index is 10.6. The van der Waals surface area contributed by atoms with Gasteiger partial charge in [0.2, 0.25) is 5.91 Å².